The lowest BCUT2D eigenvalue weighted by Gasteiger charge is -2.40. The van der Waals surface area contributed by atoms with Crippen LogP contribution in [0.4, 0.5) is 0 Å². The first-order valence-electron chi connectivity index (χ1n) is 9.45. The van der Waals surface area contributed by atoms with Gasteiger partial charge >= 0.3 is 0 Å². The van der Waals surface area contributed by atoms with Crippen molar-refractivity contribution >= 4 is 11.8 Å². The SMILES string of the molecule is CC(C)[C@H]1CN(C(=O)c2cccc(OCC(N)=O)c2)C[C@@H](c2ccccc2)O1. The molecule has 0 saturated carbocycles. The molecular formula is C22H26N2O4. The molecule has 148 valence electrons. The van der Waals surface area contributed by atoms with Gasteiger partial charge in [-0.1, -0.05) is 50.2 Å². The lowest BCUT2D eigenvalue weighted by Crippen LogP contribution is -2.48. The normalized spacial score (nSPS) is 19.5. The van der Waals surface area contributed by atoms with Crippen LogP contribution < -0.4 is 10.5 Å². The van der Waals surface area contributed by atoms with E-state index in [4.69, 9.17) is 15.2 Å². The minimum absolute atomic E-state index is 0.0443. The third-order valence-electron chi connectivity index (χ3n) is 4.79. The lowest BCUT2D eigenvalue weighted by molar-refractivity contribution is -0.119. The predicted molar refractivity (Wildman–Crippen MR) is 106 cm³/mol. The summed E-state index contributed by atoms with van der Waals surface area (Å²) in [5.41, 5.74) is 6.69. The summed E-state index contributed by atoms with van der Waals surface area (Å²) in [6, 6.07) is 16.8. The molecule has 28 heavy (non-hydrogen) atoms. The Kier molecular flexibility index (Phi) is 6.31. The van der Waals surface area contributed by atoms with Gasteiger partial charge in [0.1, 0.15) is 11.9 Å². The summed E-state index contributed by atoms with van der Waals surface area (Å²) < 4.78 is 11.6. The Hall–Kier alpha value is -2.86. The van der Waals surface area contributed by atoms with Gasteiger partial charge in [-0.05, 0) is 29.7 Å². The van der Waals surface area contributed by atoms with Crippen molar-refractivity contribution in [1.82, 2.24) is 4.90 Å². The fourth-order valence-electron chi connectivity index (χ4n) is 3.23. The topological polar surface area (TPSA) is 81.9 Å². The summed E-state index contributed by atoms with van der Waals surface area (Å²) in [7, 11) is 0. The molecule has 0 unspecified atom stereocenters. The summed E-state index contributed by atoms with van der Waals surface area (Å²) in [6.07, 6.45) is -0.210. The van der Waals surface area contributed by atoms with Crippen LogP contribution in [-0.2, 0) is 9.53 Å². The van der Waals surface area contributed by atoms with Crippen molar-refractivity contribution in [3.63, 3.8) is 0 Å². The molecule has 2 amide bonds. The fraction of sp³-hybridized carbons (Fsp3) is 0.364. The Balaban J connectivity index is 1.79. The van der Waals surface area contributed by atoms with E-state index in [0.717, 1.165) is 5.56 Å². The summed E-state index contributed by atoms with van der Waals surface area (Å²) in [4.78, 5) is 25.9. The van der Waals surface area contributed by atoms with Crippen LogP contribution in [0.15, 0.2) is 54.6 Å². The first-order chi connectivity index (χ1) is 13.4. The molecule has 2 atom stereocenters. The van der Waals surface area contributed by atoms with Gasteiger partial charge in [-0.25, -0.2) is 0 Å². The minimum Gasteiger partial charge on any atom is -0.484 e. The number of benzene rings is 2. The van der Waals surface area contributed by atoms with E-state index in [0.29, 0.717) is 24.4 Å². The van der Waals surface area contributed by atoms with Gasteiger partial charge in [0.15, 0.2) is 6.61 Å². The van der Waals surface area contributed by atoms with Crippen molar-refractivity contribution in [2.45, 2.75) is 26.1 Å². The molecule has 2 aromatic carbocycles. The van der Waals surface area contributed by atoms with E-state index in [1.165, 1.54) is 0 Å². The molecule has 0 bridgehead atoms. The van der Waals surface area contributed by atoms with Crippen LogP contribution in [0.2, 0.25) is 0 Å². The second-order valence-electron chi connectivity index (χ2n) is 7.31. The van der Waals surface area contributed by atoms with Gasteiger partial charge in [0.25, 0.3) is 11.8 Å². The van der Waals surface area contributed by atoms with E-state index < -0.39 is 5.91 Å². The molecule has 2 aromatic rings. The predicted octanol–water partition coefficient (Wildman–Crippen LogP) is 2.79. The molecule has 3 rings (SSSR count). The van der Waals surface area contributed by atoms with Crippen LogP contribution in [-0.4, -0.2) is 42.5 Å². The van der Waals surface area contributed by atoms with Crippen LogP contribution in [0.1, 0.15) is 35.9 Å². The molecule has 1 fully saturated rings. The first-order valence-corrected chi connectivity index (χ1v) is 9.45. The number of nitrogens with two attached hydrogens (primary N) is 1. The molecule has 1 aliphatic heterocycles. The minimum atomic E-state index is -0.560. The molecule has 0 spiro atoms. The quantitative estimate of drug-likeness (QED) is 0.833. The van der Waals surface area contributed by atoms with Gasteiger partial charge in [-0.15, -0.1) is 0 Å². The van der Waals surface area contributed by atoms with Crippen LogP contribution in [0.3, 0.4) is 0 Å². The monoisotopic (exact) mass is 382 g/mol. The highest BCUT2D eigenvalue weighted by atomic mass is 16.5. The maximum atomic E-state index is 13.2. The number of morpholine rings is 1. The van der Waals surface area contributed by atoms with Crippen molar-refractivity contribution in [3.8, 4) is 5.75 Å². The average Bonchev–Trinajstić information content (AvgIpc) is 2.72. The molecule has 2 N–H and O–H groups in total. The first kappa shape index (κ1) is 19.9. The molecule has 1 heterocycles. The third-order valence-corrected chi connectivity index (χ3v) is 4.79. The van der Waals surface area contributed by atoms with Gasteiger partial charge in [-0.2, -0.15) is 0 Å². The van der Waals surface area contributed by atoms with Crippen LogP contribution in [0.5, 0.6) is 5.75 Å². The highest BCUT2D eigenvalue weighted by Crippen LogP contribution is 2.29. The van der Waals surface area contributed by atoms with Crippen molar-refractivity contribution in [3.05, 3.63) is 65.7 Å². The molecule has 0 aliphatic carbocycles. The van der Waals surface area contributed by atoms with Crippen LogP contribution in [0, 0.1) is 5.92 Å². The number of carbonyl (C=O) groups excluding carboxylic acids is 2. The highest BCUT2D eigenvalue weighted by molar-refractivity contribution is 5.94. The number of hydrogen-bond donors (Lipinski definition) is 1. The zero-order valence-corrected chi connectivity index (χ0v) is 16.2. The number of rotatable bonds is 6. The van der Waals surface area contributed by atoms with E-state index >= 15 is 0 Å². The van der Waals surface area contributed by atoms with E-state index in [1.807, 2.05) is 35.2 Å². The van der Waals surface area contributed by atoms with Gasteiger partial charge < -0.3 is 20.1 Å². The van der Waals surface area contributed by atoms with Gasteiger partial charge in [0, 0.05) is 12.1 Å². The van der Waals surface area contributed by atoms with Gasteiger partial charge in [0.2, 0.25) is 0 Å². The van der Waals surface area contributed by atoms with Crippen LogP contribution >= 0.6 is 0 Å². The lowest BCUT2D eigenvalue weighted by atomic mass is 10.0. The standard InChI is InChI=1S/C22H26N2O4/c1-15(2)19-12-24(13-20(28-19)16-7-4-3-5-8-16)22(26)17-9-6-10-18(11-17)27-14-21(23)25/h3-11,15,19-20H,12-14H2,1-2H3,(H2,23,25)/t19-,20+/m1/s1. The number of ether oxygens (including phenoxy) is 2. The number of amides is 2. The van der Waals surface area contributed by atoms with E-state index in [2.05, 4.69) is 13.8 Å². The zero-order chi connectivity index (χ0) is 20.1. The van der Waals surface area contributed by atoms with Gasteiger partial charge in [0.05, 0.1) is 12.6 Å². The van der Waals surface area contributed by atoms with Crippen molar-refractivity contribution < 1.29 is 19.1 Å². The summed E-state index contributed by atoms with van der Waals surface area (Å²) in [5.74, 6) is 0.0831. The third kappa shape index (κ3) is 4.89. The number of nitrogens with zero attached hydrogens (tertiary/aromatic N) is 1. The Bertz CT molecular complexity index is 822. The van der Waals surface area contributed by atoms with Crippen molar-refractivity contribution in [2.24, 2.45) is 11.7 Å². The number of primary amides is 1. The summed E-state index contributed by atoms with van der Waals surface area (Å²) in [6.45, 7) is 4.99. The van der Waals surface area contributed by atoms with E-state index in [1.54, 1.807) is 24.3 Å². The summed E-state index contributed by atoms with van der Waals surface area (Å²) >= 11 is 0. The van der Waals surface area contributed by atoms with E-state index in [-0.39, 0.29) is 30.6 Å². The number of carbonyl (C=O) groups is 2. The second kappa shape index (κ2) is 8.89. The maximum absolute atomic E-state index is 13.2. The molecule has 1 aliphatic rings. The molecule has 0 aromatic heterocycles. The van der Waals surface area contributed by atoms with E-state index in [9.17, 15) is 9.59 Å². The van der Waals surface area contributed by atoms with Crippen LogP contribution in [0.25, 0.3) is 0 Å². The number of hydrogen-bond acceptors (Lipinski definition) is 4. The summed E-state index contributed by atoms with van der Waals surface area (Å²) in [5, 5.41) is 0. The zero-order valence-electron chi connectivity index (χ0n) is 16.2. The molecule has 6 heteroatoms. The maximum Gasteiger partial charge on any atom is 0.255 e. The van der Waals surface area contributed by atoms with Crippen molar-refractivity contribution in [1.29, 1.82) is 0 Å². The highest BCUT2D eigenvalue weighted by Gasteiger charge is 2.33. The largest absolute Gasteiger partial charge is 0.484 e. The smallest absolute Gasteiger partial charge is 0.255 e. The Morgan fingerprint density at radius 2 is 1.89 bits per heavy atom. The molecule has 0 radical (unpaired) electrons. The second-order valence-corrected chi connectivity index (χ2v) is 7.31. The Morgan fingerprint density at radius 3 is 2.57 bits per heavy atom. The Labute approximate surface area is 165 Å². The Morgan fingerprint density at radius 1 is 1.14 bits per heavy atom. The van der Waals surface area contributed by atoms with Crippen molar-refractivity contribution in [2.75, 3.05) is 19.7 Å². The molecule has 6 nitrogen and oxygen atoms in total. The molecule has 1 saturated heterocycles. The van der Waals surface area contributed by atoms with Gasteiger partial charge in [-0.3, -0.25) is 9.59 Å². The average molecular weight is 382 g/mol. The molecular weight excluding hydrogens is 356 g/mol. The fourth-order valence-corrected chi connectivity index (χ4v) is 3.23.